The lowest BCUT2D eigenvalue weighted by Gasteiger charge is -2.26. The van der Waals surface area contributed by atoms with Gasteiger partial charge in [-0.05, 0) is 99.3 Å². The first kappa shape index (κ1) is 32.7. The first-order valence-electron chi connectivity index (χ1n) is 19.2. The molecule has 0 saturated carbocycles. The summed E-state index contributed by atoms with van der Waals surface area (Å²) in [4.78, 5) is 7.43. The van der Waals surface area contributed by atoms with Gasteiger partial charge in [0.1, 0.15) is 16.7 Å². The molecular weight excluding hydrogens is 697 g/mol. The lowest BCUT2D eigenvalue weighted by molar-refractivity contribution is 0.617. The van der Waals surface area contributed by atoms with Crippen LogP contribution in [0.3, 0.4) is 0 Å². The fourth-order valence-electron chi connectivity index (χ4n) is 8.09. The molecule has 0 aliphatic rings. The molecule has 57 heavy (non-hydrogen) atoms. The van der Waals surface area contributed by atoms with Crippen molar-refractivity contribution in [2.24, 2.45) is 0 Å². The smallest absolute Gasteiger partial charge is 0.227 e. The maximum Gasteiger partial charge on any atom is 0.227 e. The normalized spacial score (nSPS) is 11.5. The summed E-state index contributed by atoms with van der Waals surface area (Å²) in [5, 5.41) is 4.54. The van der Waals surface area contributed by atoms with Crippen molar-refractivity contribution in [1.29, 1.82) is 0 Å². The topological polar surface area (TPSA) is 42.4 Å². The van der Waals surface area contributed by atoms with Crippen LogP contribution in [-0.2, 0) is 0 Å². The zero-order valence-corrected chi connectivity index (χ0v) is 30.8. The Labute approximate surface area is 329 Å². The standard InChI is InChI=1S/C53H34N2O2/c1-3-11-35(12-4-1)37-21-27-43(28-22-37)55(44-29-23-38(24-30-44)42-20-19-36-13-7-8-16-41(36)33-42)45-31-25-39(26-32-45)50-51-46-17-9-10-18-47(46)56-48(51)34-49-52(50)54-53(57-49)40-14-5-2-6-15-40/h1-34H. The molecule has 11 rings (SSSR count). The zero-order chi connectivity index (χ0) is 37.7. The van der Waals surface area contributed by atoms with Gasteiger partial charge in [-0.2, -0.15) is 0 Å². The Hall–Kier alpha value is -7.69. The van der Waals surface area contributed by atoms with Gasteiger partial charge in [0.2, 0.25) is 5.89 Å². The molecule has 9 aromatic carbocycles. The molecule has 11 aromatic rings. The minimum atomic E-state index is 0.581. The van der Waals surface area contributed by atoms with Gasteiger partial charge >= 0.3 is 0 Å². The van der Waals surface area contributed by atoms with Gasteiger partial charge < -0.3 is 13.7 Å². The van der Waals surface area contributed by atoms with Gasteiger partial charge in [-0.3, -0.25) is 0 Å². The van der Waals surface area contributed by atoms with Gasteiger partial charge in [-0.1, -0.05) is 140 Å². The van der Waals surface area contributed by atoms with Crippen LogP contribution >= 0.6 is 0 Å². The quantitative estimate of drug-likeness (QED) is 0.164. The highest BCUT2D eigenvalue weighted by molar-refractivity contribution is 6.19. The second-order valence-corrected chi connectivity index (χ2v) is 14.4. The van der Waals surface area contributed by atoms with E-state index < -0.39 is 0 Å². The van der Waals surface area contributed by atoms with Crippen LogP contribution in [0.2, 0.25) is 0 Å². The lowest BCUT2D eigenvalue weighted by Crippen LogP contribution is -2.09. The Morgan fingerprint density at radius 1 is 0.351 bits per heavy atom. The first-order chi connectivity index (χ1) is 28.2. The van der Waals surface area contributed by atoms with E-state index in [1.54, 1.807) is 0 Å². The number of oxazole rings is 1. The lowest BCUT2D eigenvalue weighted by atomic mass is 9.97. The van der Waals surface area contributed by atoms with Gasteiger partial charge in [0.25, 0.3) is 0 Å². The summed E-state index contributed by atoms with van der Waals surface area (Å²) in [5.74, 6) is 0.581. The highest BCUT2D eigenvalue weighted by Crippen LogP contribution is 2.44. The Morgan fingerprint density at radius 3 is 1.56 bits per heavy atom. The Morgan fingerprint density at radius 2 is 0.877 bits per heavy atom. The highest BCUT2D eigenvalue weighted by Gasteiger charge is 2.22. The van der Waals surface area contributed by atoms with Crippen LogP contribution in [-0.4, -0.2) is 4.98 Å². The average molecular weight is 731 g/mol. The van der Waals surface area contributed by atoms with E-state index in [0.29, 0.717) is 11.5 Å². The van der Waals surface area contributed by atoms with Crippen molar-refractivity contribution in [2.45, 2.75) is 0 Å². The minimum Gasteiger partial charge on any atom is -0.456 e. The average Bonchev–Trinajstić information content (AvgIpc) is 3.88. The molecule has 0 aliphatic carbocycles. The molecule has 0 radical (unpaired) electrons. The summed E-state index contributed by atoms with van der Waals surface area (Å²) in [6.45, 7) is 0. The van der Waals surface area contributed by atoms with Crippen molar-refractivity contribution < 1.29 is 8.83 Å². The van der Waals surface area contributed by atoms with Crippen LogP contribution in [0.25, 0.3) is 88.6 Å². The summed E-state index contributed by atoms with van der Waals surface area (Å²) in [7, 11) is 0. The molecule has 4 heteroatoms. The zero-order valence-electron chi connectivity index (χ0n) is 30.8. The van der Waals surface area contributed by atoms with Crippen molar-refractivity contribution in [3.05, 3.63) is 206 Å². The van der Waals surface area contributed by atoms with Crippen molar-refractivity contribution in [3.63, 3.8) is 0 Å². The molecule has 0 amide bonds. The molecule has 0 N–H and O–H groups in total. The molecule has 268 valence electrons. The van der Waals surface area contributed by atoms with Gasteiger partial charge in [-0.15, -0.1) is 0 Å². The van der Waals surface area contributed by atoms with E-state index in [0.717, 1.165) is 61.2 Å². The van der Waals surface area contributed by atoms with E-state index in [9.17, 15) is 0 Å². The predicted octanol–water partition coefficient (Wildman–Crippen LogP) is 15.0. The third-order valence-corrected chi connectivity index (χ3v) is 10.9. The SMILES string of the molecule is c1ccc(-c2ccc(N(c3ccc(-c4ccc5ccccc5c4)cc3)c3ccc(-c4c5nc(-c6ccccc6)oc5cc5oc6ccccc6c45)cc3)cc2)cc1. The largest absolute Gasteiger partial charge is 0.456 e. The van der Waals surface area contributed by atoms with Gasteiger partial charge in [0.05, 0.1) is 0 Å². The number of benzene rings is 9. The predicted molar refractivity (Wildman–Crippen MR) is 235 cm³/mol. The second kappa shape index (κ2) is 13.6. The number of anilines is 3. The minimum absolute atomic E-state index is 0.581. The maximum absolute atomic E-state index is 6.42. The Bertz CT molecular complexity index is 3200. The third-order valence-electron chi connectivity index (χ3n) is 10.9. The number of aromatic nitrogens is 1. The highest BCUT2D eigenvalue weighted by atomic mass is 16.4. The summed E-state index contributed by atoms with van der Waals surface area (Å²) in [5.41, 5.74) is 13.9. The van der Waals surface area contributed by atoms with Crippen molar-refractivity contribution >= 4 is 60.9 Å². The van der Waals surface area contributed by atoms with E-state index in [2.05, 4.69) is 163 Å². The van der Waals surface area contributed by atoms with E-state index in [1.165, 1.54) is 33.0 Å². The number of fused-ring (bicyclic) bond motifs is 5. The third kappa shape index (κ3) is 5.83. The van der Waals surface area contributed by atoms with Crippen LogP contribution in [0.5, 0.6) is 0 Å². The van der Waals surface area contributed by atoms with Crippen LogP contribution in [0, 0.1) is 0 Å². The van der Waals surface area contributed by atoms with Crippen molar-refractivity contribution in [3.8, 4) is 44.8 Å². The molecule has 0 fully saturated rings. The number of para-hydroxylation sites is 1. The van der Waals surface area contributed by atoms with Crippen LogP contribution in [0.4, 0.5) is 17.1 Å². The molecule has 0 atom stereocenters. The number of nitrogens with zero attached hydrogens (tertiary/aromatic N) is 2. The molecule has 4 nitrogen and oxygen atoms in total. The maximum atomic E-state index is 6.42. The summed E-state index contributed by atoms with van der Waals surface area (Å²) >= 11 is 0. The first-order valence-corrected chi connectivity index (χ1v) is 19.2. The van der Waals surface area contributed by atoms with Crippen LogP contribution < -0.4 is 4.90 Å². The van der Waals surface area contributed by atoms with Crippen LogP contribution in [0.15, 0.2) is 215 Å². The van der Waals surface area contributed by atoms with E-state index in [1.807, 2.05) is 48.5 Å². The van der Waals surface area contributed by atoms with Gasteiger partial charge in [0, 0.05) is 45.0 Å². The van der Waals surface area contributed by atoms with Gasteiger partial charge in [0.15, 0.2) is 5.58 Å². The monoisotopic (exact) mass is 730 g/mol. The molecule has 0 bridgehead atoms. The molecular formula is C53H34N2O2. The number of rotatable bonds is 7. The molecule has 0 spiro atoms. The van der Waals surface area contributed by atoms with Crippen molar-refractivity contribution in [1.82, 2.24) is 4.98 Å². The molecule has 2 heterocycles. The van der Waals surface area contributed by atoms with E-state index in [4.69, 9.17) is 13.8 Å². The fraction of sp³-hybridized carbons (Fsp3) is 0. The van der Waals surface area contributed by atoms with Crippen molar-refractivity contribution in [2.75, 3.05) is 4.90 Å². The summed E-state index contributed by atoms with van der Waals surface area (Å²) in [6, 6.07) is 72.3. The molecule has 2 aromatic heterocycles. The summed E-state index contributed by atoms with van der Waals surface area (Å²) in [6.07, 6.45) is 0. The van der Waals surface area contributed by atoms with Gasteiger partial charge in [-0.25, -0.2) is 4.98 Å². The number of hydrogen-bond donors (Lipinski definition) is 0. The van der Waals surface area contributed by atoms with E-state index in [-0.39, 0.29) is 0 Å². The molecule has 0 saturated heterocycles. The Kier molecular flexibility index (Phi) is 7.78. The molecule has 0 unspecified atom stereocenters. The van der Waals surface area contributed by atoms with E-state index >= 15 is 0 Å². The number of furan rings is 1. The Balaban J connectivity index is 1.04. The molecule has 0 aliphatic heterocycles. The van der Waals surface area contributed by atoms with Crippen LogP contribution in [0.1, 0.15) is 0 Å². The second-order valence-electron chi connectivity index (χ2n) is 14.4. The number of hydrogen-bond acceptors (Lipinski definition) is 4. The fourth-order valence-corrected chi connectivity index (χ4v) is 8.09. The summed E-state index contributed by atoms with van der Waals surface area (Å²) < 4.78 is 12.8.